The van der Waals surface area contributed by atoms with Crippen LogP contribution >= 0.6 is 0 Å². The van der Waals surface area contributed by atoms with Crippen LogP contribution in [0.2, 0.25) is 0 Å². The Hall–Kier alpha value is -2.04. The van der Waals surface area contributed by atoms with Gasteiger partial charge in [0, 0.05) is 31.0 Å². The fourth-order valence-corrected chi connectivity index (χ4v) is 2.10. The number of pyridine rings is 1. The summed E-state index contributed by atoms with van der Waals surface area (Å²) in [6, 6.07) is 3.82. The molecule has 0 spiro atoms. The first-order chi connectivity index (χ1) is 9.63. The Morgan fingerprint density at radius 3 is 2.80 bits per heavy atom. The number of hydrogen-bond donors (Lipinski definition) is 1. The number of nitrogens with one attached hydrogen (secondary N) is 1. The largest absolute Gasteiger partial charge is 0.490 e. The first kappa shape index (κ1) is 14.4. The van der Waals surface area contributed by atoms with Crippen LogP contribution in [0.3, 0.4) is 0 Å². The van der Waals surface area contributed by atoms with Crippen LogP contribution in [0.1, 0.15) is 30.3 Å². The van der Waals surface area contributed by atoms with Gasteiger partial charge in [-0.25, -0.2) is 4.98 Å². The first-order valence-corrected chi connectivity index (χ1v) is 6.94. The minimum Gasteiger partial charge on any atom is -0.490 e. The van der Waals surface area contributed by atoms with Gasteiger partial charge in [0.15, 0.2) is 11.6 Å². The van der Waals surface area contributed by atoms with Crippen molar-refractivity contribution >= 4 is 5.82 Å². The maximum Gasteiger partial charge on any atom is 0.169 e. The molecule has 5 heteroatoms. The molecule has 0 aliphatic heterocycles. The molecule has 5 nitrogen and oxygen atoms in total. The van der Waals surface area contributed by atoms with Crippen molar-refractivity contribution in [1.29, 1.82) is 0 Å². The second-order valence-corrected chi connectivity index (χ2v) is 4.83. The van der Waals surface area contributed by atoms with E-state index < -0.39 is 0 Å². The molecule has 0 aliphatic rings. The van der Waals surface area contributed by atoms with Crippen LogP contribution < -0.4 is 10.1 Å². The van der Waals surface area contributed by atoms with Gasteiger partial charge in [0.05, 0.1) is 12.3 Å². The van der Waals surface area contributed by atoms with Crippen molar-refractivity contribution in [2.24, 2.45) is 7.05 Å². The second kappa shape index (κ2) is 6.41. The van der Waals surface area contributed by atoms with E-state index in [1.54, 1.807) is 6.20 Å². The summed E-state index contributed by atoms with van der Waals surface area (Å²) in [6.45, 7) is 7.59. The number of aromatic nitrogens is 3. The highest BCUT2D eigenvalue weighted by atomic mass is 16.5. The van der Waals surface area contributed by atoms with Crippen LogP contribution in [0.15, 0.2) is 18.3 Å². The van der Waals surface area contributed by atoms with Crippen molar-refractivity contribution in [2.75, 3.05) is 11.9 Å². The summed E-state index contributed by atoms with van der Waals surface area (Å²) in [5.41, 5.74) is 3.42. The molecule has 0 atom stereocenters. The average molecular weight is 274 g/mol. The number of aryl methyl sites for hydroxylation is 2. The highest BCUT2D eigenvalue weighted by molar-refractivity contribution is 5.50. The van der Waals surface area contributed by atoms with Gasteiger partial charge in [0.25, 0.3) is 0 Å². The Balaban J connectivity index is 2.10. The number of rotatable bonds is 6. The monoisotopic (exact) mass is 274 g/mol. The Morgan fingerprint density at radius 2 is 2.15 bits per heavy atom. The van der Waals surface area contributed by atoms with E-state index in [1.807, 2.05) is 30.8 Å². The van der Waals surface area contributed by atoms with E-state index in [9.17, 15) is 0 Å². The molecule has 0 saturated heterocycles. The molecule has 0 aliphatic carbocycles. The fourth-order valence-electron chi connectivity index (χ4n) is 2.10. The third-order valence-corrected chi connectivity index (χ3v) is 3.32. The summed E-state index contributed by atoms with van der Waals surface area (Å²) in [5, 5.41) is 7.76. The third-order valence-electron chi connectivity index (χ3n) is 3.32. The van der Waals surface area contributed by atoms with E-state index in [4.69, 9.17) is 4.74 Å². The maximum atomic E-state index is 5.69. The minimum atomic E-state index is 0.699. The number of anilines is 1. The zero-order valence-corrected chi connectivity index (χ0v) is 12.6. The lowest BCUT2D eigenvalue weighted by molar-refractivity contribution is 0.318. The van der Waals surface area contributed by atoms with Crippen LogP contribution in [0.25, 0.3) is 0 Å². The highest BCUT2D eigenvalue weighted by Gasteiger charge is 2.10. The van der Waals surface area contributed by atoms with Gasteiger partial charge in [-0.15, -0.1) is 0 Å². The summed E-state index contributed by atoms with van der Waals surface area (Å²) >= 11 is 0. The molecule has 1 N–H and O–H groups in total. The predicted octanol–water partition coefficient (Wildman–Crippen LogP) is 2.83. The lowest BCUT2D eigenvalue weighted by Crippen LogP contribution is -2.06. The maximum absolute atomic E-state index is 5.69. The van der Waals surface area contributed by atoms with E-state index in [0.717, 1.165) is 23.7 Å². The first-order valence-electron chi connectivity index (χ1n) is 6.94. The highest BCUT2D eigenvalue weighted by Crippen LogP contribution is 2.22. The van der Waals surface area contributed by atoms with Gasteiger partial charge in [-0.05, 0) is 32.4 Å². The fraction of sp³-hybridized carbons (Fsp3) is 0.467. The minimum absolute atomic E-state index is 0.699. The van der Waals surface area contributed by atoms with Gasteiger partial charge in [0.2, 0.25) is 0 Å². The summed E-state index contributed by atoms with van der Waals surface area (Å²) in [5.74, 6) is 1.58. The molecular formula is C15H22N4O. The van der Waals surface area contributed by atoms with Crippen molar-refractivity contribution in [3.05, 3.63) is 35.3 Å². The Bertz CT molecular complexity index is 577. The molecule has 2 rings (SSSR count). The van der Waals surface area contributed by atoms with E-state index in [2.05, 4.69) is 29.2 Å². The van der Waals surface area contributed by atoms with E-state index in [1.165, 1.54) is 11.3 Å². The van der Waals surface area contributed by atoms with Crippen molar-refractivity contribution in [1.82, 2.24) is 14.8 Å². The molecule has 0 bridgehead atoms. The molecule has 2 aromatic heterocycles. The van der Waals surface area contributed by atoms with Crippen molar-refractivity contribution < 1.29 is 4.74 Å². The lowest BCUT2D eigenvalue weighted by Gasteiger charge is -2.11. The van der Waals surface area contributed by atoms with Gasteiger partial charge >= 0.3 is 0 Å². The van der Waals surface area contributed by atoms with Crippen molar-refractivity contribution in [3.63, 3.8) is 0 Å². The predicted molar refractivity (Wildman–Crippen MR) is 80.0 cm³/mol. The van der Waals surface area contributed by atoms with E-state index in [0.29, 0.717) is 13.2 Å². The molecule has 0 amide bonds. The molecule has 20 heavy (non-hydrogen) atoms. The molecule has 2 heterocycles. The van der Waals surface area contributed by atoms with E-state index >= 15 is 0 Å². The topological polar surface area (TPSA) is 52.0 Å². The summed E-state index contributed by atoms with van der Waals surface area (Å²) in [7, 11) is 1.96. The zero-order chi connectivity index (χ0) is 14.5. The zero-order valence-electron chi connectivity index (χ0n) is 12.6. The van der Waals surface area contributed by atoms with Gasteiger partial charge in [0.1, 0.15) is 0 Å². The van der Waals surface area contributed by atoms with Gasteiger partial charge < -0.3 is 10.1 Å². The standard InChI is InChI=1S/C15H22N4O/c1-5-9-20-14-7-6-8-16-15(14)17-10-13-11(2)18-19(4)12(13)3/h6-8H,5,9-10H2,1-4H3,(H,16,17). The smallest absolute Gasteiger partial charge is 0.169 e. The Morgan fingerprint density at radius 1 is 1.35 bits per heavy atom. The molecule has 108 valence electrons. The molecule has 0 fully saturated rings. The SMILES string of the molecule is CCCOc1cccnc1NCc1c(C)nn(C)c1C. The summed E-state index contributed by atoms with van der Waals surface area (Å²) < 4.78 is 7.60. The van der Waals surface area contributed by atoms with Gasteiger partial charge in [-0.3, -0.25) is 4.68 Å². The molecule has 0 saturated carbocycles. The Kier molecular flexibility index (Phi) is 4.61. The van der Waals surface area contributed by atoms with Crippen molar-refractivity contribution in [3.8, 4) is 5.75 Å². The molecule has 0 radical (unpaired) electrons. The summed E-state index contributed by atoms with van der Waals surface area (Å²) in [4.78, 5) is 4.35. The number of nitrogens with zero attached hydrogens (tertiary/aromatic N) is 3. The van der Waals surface area contributed by atoms with Crippen molar-refractivity contribution in [2.45, 2.75) is 33.7 Å². The molecular weight excluding hydrogens is 252 g/mol. The number of hydrogen-bond acceptors (Lipinski definition) is 4. The van der Waals surface area contributed by atoms with Crippen LogP contribution in [0.4, 0.5) is 5.82 Å². The van der Waals surface area contributed by atoms with E-state index in [-0.39, 0.29) is 0 Å². The molecule has 2 aromatic rings. The number of ether oxygens (including phenoxy) is 1. The van der Waals surface area contributed by atoms with Crippen LogP contribution in [-0.4, -0.2) is 21.4 Å². The Labute approximate surface area is 120 Å². The van der Waals surface area contributed by atoms with Crippen LogP contribution in [-0.2, 0) is 13.6 Å². The lowest BCUT2D eigenvalue weighted by atomic mass is 10.2. The second-order valence-electron chi connectivity index (χ2n) is 4.83. The quantitative estimate of drug-likeness (QED) is 0.880. The normalized spacial score (nSPS) is 10.6. The average Bonchev–Trinajstić information content (AvgIpc) is 2.69. The molecule has 0 aromatic carbocycles. The van der Waals surface area contributed by atoms with Crippen LogP contribution in [0.5, 0.6) is 5.75 Å². The van der Waals surface area contributed by atoms with Crippen LogP contribution in [0, 0.1) is 13.8 Å². The van der Waals surface area contributed by atoms with Gasteiger partial charge in [-0.2, -0.15) is 5.10 Å². The third kappa shape index (κ3) is 3.10. The molecule has 0 unspecified atom stereocenters. The van der Waals surface area contributed by atoms with Gasteiger partial charge in [-0.1, -0.05) is 6.92 Å². The summed E-state index contributed by atoms with van der Waals surface area (Å²) in [6.07, 6.45) is 2.75.